The van der Waals surface area contributed by atoms with Crippen molar-refractivity contribution in [3.63, 3.8) is 0 Å². The van der Waals surface area contributed by atoms with E-state index in [1.807, 2.05) is 13.1 Å². The highest BCUT2D eigenvalue weighted by molar-refractivity contribution is 6.04. The molecule has 0 aliphatic carbocycles. The standard InChI is InChI=1S/C17H18N4O4/c1-2-21-8-11(7-19-21)25-15-10-23-9-13(15)20-17(22)16-12-4-6-24-14(12)3-5-18-16/h3-8,13,15H,2,9-10H2,1H3,(H,20,22)/t13-,15+/m0/s1. The molecule has 0 bridgehead atoms. The summed E-state index contributed by atoms with van der Waals surface area (Å²) in [5.41, 5.74) is 0.957. The summed E-state index contributed by atoms with van der Waals surface area (Å²) in [4.78, 5) is 16.8. The fourth-order valence-electron chi connectivity index (χ4n) is 2.85. The molecule has 3 aromatic heterocycles. The molecule has 1 N–H and O–H groups in total. The molecule has 0 saturated carbocycles. The molecule has 4 heterocycles. The van der Waals surface area contributed by atoms with Crippen LogP contribution in [0.15, 0.2) is 41.4 Å². The summed E-state index contributed by atoms with van der Waals surface area (Å²) in [6.45, 7) is 3.57. The summed E-state index contributed by atoms with van der Waals surface area (Å²) in [5.74, 6) is 0.381. The largest absolute Gasteiger partial charge is 0.482 e. The van der Waals surface area contributed by atoms with E-state index in [1.165, 1.54) is 0 Å². The van der Waals surface area contributed by atoms with Crippen molar-refractivity contribution in [1.82, 2.24) is 20.1 Å². The normalized spacial score (nSPS) is 20.0. The Morgan fingerprint density at radius 2 is 2.36 bits per heavy atom. The molecule has 0 spiro atoms. The number of fused-ring (bicyclic) bond motifs is 1. The monoisotopic (exact) mass is 342 g/mol. The summed E-state index contributed by atoms with van der Waals surface area (Å²) >= 11 is 0. The Morgan fingerprint density at radius 3 is 3.20 bits per heavy atom. The zero-order valence-electron chi connectivity index (χ0n) is 13.7. The molecule has 8 nitrogen and oxygen atoms in total. The van der Waals surface area contributed by atoms with Gasteiger partial charge in [-0.1, -0.05) is 0 Å². The zero-order valence-corrected chi connectivity index (χ0v) is 13.7. The van der Waals surface area contributed by atoms with Crippen LogP contribution in [0.25, 0.3) is 11.0 Å². The Balaban J connectivity index is 1.47. The zero-order chi connectivity index (χ0) is 17.2. The molecule has 0 unspecified atom stereocenters. The van der Waals surface area contributed by atoms with Crippen LogP contribution in [0.2, 0.25) is 0 Å². The maximum atomic E-state index is 12.6. The van der Waals surface area contributed by atoms with E-state index in [2.05, 4.69) is 15.4 Å². The van der Waals surface area contributed by atoms with Gasteiger partial charge >= 0.3 is 0 Å². The molecule has 8 heteroatoms. The van der Waals surface area contributed by atoms with E-state index in [1.54, 1.807) is 35.5 Å². The Morgan fingerprint density at radius 1 is 1.44 bits per heavy atom. The van der Waals surface area contributed by atoms with E-state index in [0.29, 0.717) is 35.6 Å². The second-order valence-electron chi connectivity index (χ2n) is 5.80. The van der Waals surface area contributed by atoms with Crippen LogP contribution in [-0.2, 0) is 11.3 Å². The molecule has 1 amide bonds. The number of ether oxygens (including phenoxy) is 2. The molecule has 0 aromatic carbocycles. The van der Waals surface area contributed by atoms with Gasteiger partial charge in [-0.3, -0.25) is 14.5 Å². The third kappa shape index (κ3) is 3.08. The minimum Gasteiger partial charge on any atom is -0.482 e. The first-order valence-corrected chi connectivity index (χ1v) is 8.14. The van der Waals surface area contributed by atoms with Crippen LogP contribution in [0.4, 0.5) is 0 Å². The minimum absolute atomic E-state index is 0.263. The van der Waals surface area contributed by atoms with Crippen LogP contribution >= 0.6 is 0 Å². The van der Waals surface area contributed by atoms with Crippen molar-refractivity contribution in [3.05, 3.63) is 42.7 Å². The third-order valence-electron chi connectivity index (χ3n) is 4.16. The Kier molecular flexibility index (Phi) is 4.10. The van der Waals surface area contributed by atoms with Gasteiger partial charge in [-0.05, 0) is 19.1 Å². The lowest BCUT2D eigenvalue weighted by atomic mass is 10.2. The highest BCUT2D eigenvalue weighted by atomic mass is 16.5. The van der Waals surface area contributed by atoms with Crippen molar-refractivity contribution < 1.29 is 18.7 Å². The van der Waals surface area contributed by atoms with Crippen molar-refractivity contribution in [3.8, 4) is 5.75 Å². The van der Waals surface area contributed by atoms with Crippen LogP contribution in [0.1, 0.15) is 17.4 Å². The first kappa shape index (κ1) is 15.6. The van der Waals surface area contributed by atoms with E-state index in [-0.39, 0.29) is 18.1 Å². The van der Waals surface area contributed by atoms with Crippen LogP contribution in [0.3, 0.4) is 0 Å². The highest BCUT2D eigenvalue weighted by Gasteiger charge is 2.32. The highest BCUT2D eigenvalue weighted by Crippen LogP contribution is 2.20. The number of hydrogen-bond acceptors (Lipinski definition) is 6. The van der Waals surface area contributed by atoms with Crippen molar-refractivity contribution in [2.45, 2.75) is 25.6 Å². The fraction of sp³-hybridized carbons (Fsp3) is 0.353. The van der Waals surface area contributed by atoms with Gasteiger partial charge in [-0.15, -0.1) is 0 Å². The fourth-order valence-corrected chi connectivity index (χ4v) is 2.85. The van der Waals surface area contributed by atoms with E-state index < -0.39 is 0 Å². The molecule has 1 fully saturated rings. The average Bonchev–Trinajstić information content (AvgIpc) is 3.35. The van der Waals surface area contributed by atoms with E-state index in [0.717, 1.165) is 6.54 Å². The number of furan rings is 1. The van der Waals surface area contributed by atoms with Gasteiger partial charge in [0, 0.05) is 12.7 Å². The predicted octanol–water partition coefficient (Wildman–Crippen LogP) is 1.62. The van der Waals surface area contributed by atoms with Crippen molar-refractivity contribution in [1.29, 1.82) is 0 Å². The lowest BCUT2D eigenvalue weighted by molar-refractivity contribution is 0.0901. The molecule has 1 aliphatic heterocycles. The number of aromatic nitrogens is 3. The second-order valence-corrected chi connectivity index (χ2v) is 5.80. The van der Waals surface area contributed by atoms with Gasteiger partial charge in [-0.25, -0.2) is 0 Å². The molecule has 0 radical (unpaired) electrons. The maximum Gasteiger partial charge on any atom is 0.271 e. The lowest BCUT2D eigenvalue weighted by Crippen LogP contribution is -2.45. The van der Waals surface area contributed by atoms with Gasteiger partial charge < -0.3 is 19.2 Å². The van der Waals surface area contributed by atoms with E-state index in [4.69, 9.17) is 13.9 Å². The van der Waals surface area contributed by atoms with Gasteiger partial charge in [0.25, 0.3) is 5.91 Å². The lowest BCUT2D eigenvalue weighted by Gasteiger charge is -2.19. The number of hydrogen-bond donors (Lipinski definition) is 1. The van der Waals surface area contributed by atoms with Gasteiger partial charge in [0.2, 0.25) is 0 Å². The number of carbonyl (C=O) groups excluding carboxylic acids is 1. The molecule has 130 valence electrons. The summed E-state index contributed by atoms with van der Waals surface area (Å²) in [7, 11) is 0. The first-order chi connectivity index (χ1) is 12.2. The van der Waals surface area contributed by atoms with E-state index >= 15 is 0 Å². The SMILES string of the molecule is CCn1cc(O[C@@H]2COC[C@@H]2NC(=O)c2nccc3occc23)cn1. The maximum absolute atomic E-state index is 12.6. The summed E-state index contributed by atoms with van der Waals surface area (Å²) in [6, 6.07) is 3.19. The Hall–Kier alpha value is -2.87. The van der Waals surface area contributed by atoms with E-state index in [9.17, 15) is 4.79 Å². The molecular formula is C17H18N4O4. The van der Waals surface area contributed by atoms with Crippen LogP contribution in [-0.4, -0.2) is 46.0 Å². The molecule has 1 aliphatic rings. The van der Waals surface area contributed by atoms with Gasteiger partial charge in [-0.2, -0.15) is 5.10 Å². The Bertz CT molecular complexity index is 888. The number of amides is 1. The molecular weight excluding hydrogens is 324 g/mol. The molecule has 3 aromatic rings. The quantitative estimate of drug-likeness (QED) is 0.758. The predicted molar refractivity (Wildman–Crippen MR) is 88.4 cm³/mol. The second kappa shape index (κ2) is 6.56. The number of carbonyl (C=O) groups is 1. The van der Waals surface area contributed by atoms with Crippen molar-refractivity contribution in [2.75, 3.05) is 13.2 Å². The van der Waals surface area contributed by atoms with Crippen LogP contribution in [0, 0.1) is 0 Å². The van der Waals surface area contributed by atoms with Crippen LogP contribution < -0.4 is 10.1 Å². The molecule has 4 rings (SSSR count). The summed E-state index contributed by atoms with van der Waals surface area (Å²) in [5, 5.41) is 7.81. The number of nitrogens with zero attached hydrogens (tertiary/aromatic N) is 3. The number of pyridine rings is 1. The topological polar surface area (TPSA) is 91.4 Å². The molecule has 1 saturated heterocycles. The minimum atomic E-state index is -0.277. The number of aryl methyl sites for hydroxylation is 1. The Labute approximate surface area is 143 Å². The van der Waals surface area contributed by atoms with Gasteiger partial charge in [0.1, 0.15) is 17.4 Å². The van der Waals surface area contributed by atoms with Crippen molar-refractivity contribution >= 4 is 16.9 Å². The van der Waals surface area contributed by atoms with Gasteiger partial charge in [0.05, 0.1) is 43.3 Å². The number of rotatable bonds is 5. The average molecular weight is 342 g/mol. The molecule has 25 heavy (non-hydrogen) atoms. The summed E-state index contributed by atoms with van der Waals surface area (Å²) < 4.78 is 18.5. The first-order valence-electron chi connectivity index (χ1n) is 8.14. The molecule has 2 atom stereocenters. The van der Waals surface area contributed by atoms with Gasteiger partial charge in [0.15, 0.2) is 5.75 Å². The van der Waals surface area contributed by atoms with Crippen molar-refractivity contribution in [2.24, 2.45) is 0 Å². The smallest absolute Gasteiger partial charge is 0.271 e. The van der Waals surface area contributed by atoms with Crippen LogP contribution in [0.5, 0.6) is 5.75 Å². The third-order valence-corrected chi connectivity index (χ3v) is 4.16. The number of nitrogens with one attached hydrogen (secondary N) is 1. The summed E-state index contributed by atoms with van der Waals surface area (Å²) in [6.07, 6.45) is 6.30.